The lowest BCUT2D eigenvalue weighted by molar-refractivity contribution is 0.705. The van der Waals surface area contributed by atoms with Crippen molar-refractivity contribution in [1.29, 1.82) is 0 Å². The van der Waals surface area contributed by atoms with Crippen LogP contribution in [-0.4, -0.2) is 18.7 Å². The van der Waals surface area contributed by atoms with E-state index in [1.807, 2.05) is 43.3 Å². The molecule has 23 heavy (non-hydrogen) atoms. The van der Waals surface area contributed by atoms with E-state index in [0.717, 1.165) is 15.7 Å². The predicted molar refractivity (Wildman–Crippen MR) is 91.2 cm³/mol. The van der Waals surface area contributed by atoms with E-state index in [0.29, 0.717) is 17.0 Å². The number of rotatable bonds is 2. The molecule has 0 atom stereocenters. The van der Waals surface area contributed by atoms with Crippen molar-refractivity contribution in [2.45, 2.75) is 6.92 Å². The summed E-state index contributed by atoms with van der Waals surface area (Å²) in [6.45, 7) is 1.94. The first-order valence-corrected chi connectivity index (χ1v) is 7.28. The number of allylic oxidation sites excluding steroid dienone is 1. The van der Waals surface area contributed by atoms with Crippen molar-refractivity contribution in [1.82, 2.24) is 18.7 Å². The van der Waals surface area contributed by atoms with Crippen molar-refractivity contribution >= 4 is 22.8 Å². The van der Waals surface area contributed by atoms with Gasteiger partial charge in [-0.15, -0.1) is 0 Å². The molecular weight excluding hydrogens is 292 g/mol. The molecule has 0 aliphatic heterocycles. The van der Waals surface area contributed by atoms with E-state index in [1.54, 1.807) is 18.7 Å². The second-order valence-electron chi connectivity index (χ2n) is 5.61. The summed E-state index contributed by atoms with van der Waals surface area (Å²) in [4.78, 5) is 28.9. The van der Waals surface area contributed by atoms with Crippen LogP contribution in [0.4, 0.5) is 0 Å². The van der Waals surface area contributed by atoms with Crippen molar-refractivity contribution in [2.75, 3.05) is 0 Å². The quantitative estimate of drug-likeness (QED) is 0.721. The molecule has 0 amide bonds. The first-order valence-electron chi connectivity index (χ1n) is 7.28. The lowest BCUT2D eigenvalue weighted by Gasteiger charge is -2.04. The van der Waals surface area contributed by atoms with E-state index in [2.05, 4.69) is 4.98 Å². The van der Waals surface area contributed by atoms with Crippen LogP contribution in [0.15, 0.2) is 39.9 Å². The minimum Gasteiger partial charge on any atom is -0.322 e. The van der Waals surface area contributed by atoms with Gasteiger partial charge in [-0.2, -0.15) is 0 Å². The molecule has 2 aromatic heterocycles. The molecule has 1 aromatic carbocycles. The Labute approximate surface area is 132 Å². The van der Waals surface area contributed by atoms with Gasteiger partial charge in [0.15, 0.2) is 11.2 Å². The average molecular weight is 310 g/mol. The van der Waals surface area contributed by atoms with Crippen LogP contribution in [0.1, 0.15) is 18.3 Å². The molecule has 0 unspecified atom stereocenters. The van der Waals surface area contributed by atoms with Crippen LogP contribution in [-0.2, 0) is 21.1 Å². The van der Waals surface area contributed by atoms with Gasteiger partial charge in [-0.3, -0.25) is 13.9 Å². The summed E-state index contributed by atoms with van der Waals surface area (Å²) in [5.41, 5.74) is 2.08. The van der Waals surface area contributed by atoms with Crippen molar-refractivity contribution in [3.8, 4) is 0 Å². The van der Waals surface area contributed by atoms with Crippen LogP contribution in [0.5, 0.6) is 0 Å². The molecule has 0 aliphatic rings. The molecule has 6 heteroatoms. The summed E-state index contributed by atoms with van der Waals surface area (Å²) in [6, 6.07) is 9.89. The Hall–Kier alpha value is -2.89. The zero-order valence-electron chi connectivity index (χ0n) is 13.6. The van der Waals surface area contributed by atoms with Gasteiger partial charge in [0.1, 0.15) is 5.82 Å². The summed E-state index contributed by atoms with van der Waals surface area (Å²) in [7, 11) is 4.89. The monoisotopic (exact) mass is 310 g/mol. The first kappa shape index (κ1) is 15.0. The molecule has 0 fully saturated rings. The third-order valence-electron chi connectivity index (χ3n) is 4.01. The van der Waals surface area contributed by atoms with Crippen molar-refractivity contribution < 1.29 is 0 Å². The molecule has 0 aliphatic carbocycles. The molecule has 6 nitrogen and oxygen atoms in total. The van der Waals surface area contributed by atoms with Crippen LogP contribution in [0, 0.1) is 0 Å². The number of aryl methyl sites for hydroxylation is 2. The maximum atomic E-state index is 12.4. The summed E-state index contributed by atoms with van der Waals surface area (Å²) >= 11 is 0. The van der Waals surface area contributed by atoms with E-state index < -0.39 is 0 Å². The van der Waals surface area contributed by atoms with E-state index in [4.69, 9.17) is 0 Å². The molecule has 0 saturated heterocycles. The summed E-state index contributed by atoms with van der Waals surface area (Å²) < 4.78 is 4.24. The molecular formula is C17H18N4O2. The normalized spacial score (nSPS) is 12.1. The van der Waals surface area contributed by atoms with Crippen LogP contribution in [0.3, 0.4) is 0 Å². The highest BCUT2D eigenvalue weighted by Crippen LogP contribution is 2.19. The lowest BCUT2D eigenvalue weighted by Crippen LogP contribution is -2.37. The van der Waals surface area contributed by atoms with Gasteiger partial charge in [0.05, 0.1) is 0 Å². The second kappa shape index (κ2) is 5.39. The Morgan fingerprint density at radius 2 is 1.65 bits per heavy atom. The molecule has 0 radical (unpaired) electrons. The number of hydrogen-bond acceptors (Lipinski definition) is 3. The Kier molecular flexibility index (Phi) is 3.52. The molecule has 0 N–H and O–H groups in total. The standard InChI is InChI=1S/C17H18N4O2/c1-11(10-12-8-6-5-7-9-12)14-18-15-13(19(14)2)16(22)21(4)17(23)20(15)3/h5-10H,1-4H3/b11-10+. The zero-order chi connectivity index (χ0) is 16.7. The zero-order valence-corrected chi connectivity index (χ0v) is 13.6. The van der Waals surface area contributed by atoms with Gasteiger partial charge in [-0.1, -0.05) is 30.3 Å². The number of benzene rings is 1. The van der Waals surface area contributed by atoms with Crippen LogP contribution < -0.4 is 11.2 Å². The largest absolute Gasteiger partial charge is 0.332 e. The van der Waals surface area contributed by atoms with Crippen molar-refractivity contribution in [3.63, 3.8) is 0 Å². The fourth-order valence-electron chi connectivity index (χ4n) is 2.73. The minimum absolute atomic E-state index is 0.336. The lowest BCUT2D eigenvalue weighted by atomic mass is 10.1. The Morgan fingerprint density at radius 1 is 1.00 bits per heavy atom. The third kappa shape index (κ3) is 2.32. The van der Waals surface area contributed by atoms with E-state index in [9.17, 15) is 9.59 Å². The molecule has 118 valence electrons. The van der Waals surface area contributed by atoms with Gasteiger partial charge in [0, 0.05) is 21.1 Å². The topological polar surface area (TPSA) is 61.8 Å². The summed E-state index contributed by atoms with van der Waals surface area (Å²) in [5.74, 6) is 0.669. The second-order valence-corrected chi connectivity index (χ2v) is 5.61. The smallest absolute Gasteiger partial charge is 0.322 e. The Bertz CT molecular complexity index is 1040. The molecule has 0 spiro atoms. The van der Waals surface area contributed by atoms with Gasteiger partial charge >= 0.3 is 5.69 Å². The van der Waals surface area contributed by atoms with Gasteiger partial charge in [0.2, 0.25) is 0 Å². The van der Waals surface area contributed by atoms with Crippen molar-refractivity contribution in [3.05, 3.63) is 62.6 Å². The number of hydrogen-bond donors (Lipinski definition) is 0. The first-order chi connectivity index (χ1) is 10.9. The van der Waals surface area contributed by atoms with Gasteiger partial charge in [0.25, 0.3) is 5.56 Å². The van der Waals surface area contributed by atoms with Gasteiger partial charge in [-0.25, -0.2) is 9.78 Å². The van der Waals surface area contributed by atoms with Crippen LogP contribution >= 0.6 is 0 Å². The fourth-order valence-corrected chi connectivity index (χ4v) is 2.73. The molecule has 3 rings (SSSR count). The van der Waals surface area contributed by atoms with Crippen molar-refractivity contribution in [2.24, 2.45) is 21.1 Å². The van der Waals surface area contributed by atoms with E-state index >= 15 is 0 Å². The third-order valence-corrected chi connectivity index (χ3v) is 4.01. The molecule has 0 bridgehead atoms. The minimum atomic E-state index is -0.378. The van der Waals surface area contributed by atoms with E-state index in [-0.39, 0.29) is 11.2 Å². The Morgan fingerprint density at radius 3 is 2.30 bits per heavy atom. The average Bonchev–Trinajstić information content (AvgIpc) is 2.89. The number of aromatic nitrogens is 4. The highest BCUT2D eigenvalue weighted by molar-refractivity contribution is 5.82. The Balaban J connectivity index is 2.29. The highest BCUT2D eigenvalue weighted by Gasteiger charge is 2.17. The van der Waals surface area contributed by atoms with E-state index in [1.165, 1.54) is 11.6 Å². The predicted octanol–water partition coefficient (Wildman–Crippen LogP) is 1.53. The molecule has 2 heterocycles. The molecule has 3 aromatic rings. The highest BCUT2D eigenvalue weighted by atomic mass is 16.2. The molecule has 0 saturated carbocycles. The summed E-state index contributed by atoms with van der Waals surface area (Å²) in [6.07, 6.45) is 2.00. The maximum absolute atomic E-state index is 12.4. The van der Waals surface area contributed by atoms with Crippen LogP contribution in [0.25, 0.3) is 22.8 Å². The van der Waals surface area contributed by atoms with Gasteiger partial charge in [-0.05, 0) is 24.1 Å². The number of fused-ring (bicyclic) bond motifs is 1. The number of imidazole rings is 1. The van der Waals surface area contributed by atoms with Crippen LogP contribution in [0.2, 0.25) is 0 Å². The number of nitrogens with zero attached hydrogens (tertiary/aromatic N) is 4. The maximum Gasteiger partial charge on any atom is 0.332 e. The SMILES string of the molecule is C/C(=C\c1ccccc1)c1nc2c(c(=O)n(C)c(=O)n2C)n1C. The fraction of sp³-hybridized carbons (Fsp3) is 0.235. The summed E-state index contributed by atoms with van der Waals surface area (Å²) in [5, 5.41) is 0. The van der Waals surface area contributed by atoms with Gasteiger partial charge < -0.3 is 4.57 Å².